The average Bonchev–Trinajstić information content (AvgIpc) is 2.81. The number of nitrogens with zero attached hydrogens (tertiary/aromatic N) is 2. The van der Waals surface area contributed by atoms with Crippen molar-refractivity contribution in [1.29, 1.82) is 0 Å². The molecule has 0 spiro atoms. The Labute approximate surface area is 190 Å². The van der Waals surface area contributed by atoms with E-state index in [1.807, 2.05) is 18.2 Å². The molecule has 32 heavy (non-hydrogen) atoms. The van der Waals surface area contributed by atoms with Crippen molar-refractivity contribution in [2.75, 3.05) is 59.5 Å². The molecule has 2 aliphatic rings. The highest BCUT2D eigenvalue weighted by molar-refractivity contribution is 5.83. The van der Waals surface area contributed by atoms with Crippen LogP contribution in [0.1, 0.15) is 18.4 Å². The molecule has 6 heteroatoms. The summed E-state index contributed by atoms with van der Waals surface area (Å²) in [5.74, 6) is -0.111. The van der Waals surface area contributed by atoms with Crippen molar-refractivity contribution in [3.63, 3.8) is 0 Å². The zero-order valence-electron chi connectivity index (χ0n) is 19.0. The van der Waals surface area contributed by atoms with Crippen LogP contribution in [0.25, 0.3) is 11.1 Å². The van der Waals surface area contributed by atoms with Crippen LogP contribution >= 0.6 is 0 Å². The minimum absolute atomic E-state index is 0.131. The molecular formula is C26H34FN3O2. The number of rotatable bonds is 7. The first-order valence-corrected chi connectivity index (χ1v) is 11.7. The maximum atomic E-state index is 13.7. The van der Waals surface area contributed by atoms with E-state index in [2.05, 4.69) is 34.3 Å². The quantitative estimate of drug-likeness (QED) is 0.720. The second kappa shape index (κ2) is 10.6. The van der Waals surface area contributed by atoms with Gasteiger partial charge in [-0.1, -0.05) is 36.4 Å². The molecular weight excluding hydrogens is 405 g/mol. The fraction of sp³-hybridized carbons (Fsp3) is 0.500. The van der Waals surface area contributed by atoms with Crippen LogP contribution in [0.2, 0.25) is 0 Å². The molecule has 1 amide bonds. The van der Waals surface area contributed by atoms with Gasteiger partial charge in [-0.2, -0.15) is 0 Å². The third kappa shape index (κ3) is 5.74. The van der Waals surface area contributed by atoms with Gasteiger partial charge in [0.05, 0.1) is 5.41 Å². The van der Waals surface area contributed by atoms with Crippen molar-refractivity contribution in [2.45, 2.75) is 19.3 Å². The molecule has 2 aliphatic heterocycles. The van der Waals surface area contributed by atoms with Crippen molar-refractivity contribution < 1.29 is 13.9 Å². The van der Waals surface area contributed by atoms with Crippen LogP contribution in [0.3, 0.4) is 0 Å². The van der Waals surface area contributed by atoms with Crippen LogP contribution in [0.4, 0.5) is 4.39 Å². The lowest BCUT2D eigenvalue weighted by molar-refractivity contribution is -0.136. The molecule has 0 saturated carbocycles. The van der Waals surface area contributed by atoms with E-state index in [9.17, 15) is 9.18 Å². The Morgan fingerprint density at radius 3 is 2.44 bits per heavy atom. The number of hydrogen-bond acceptors (Lipinski definition) is 4. The Bertz CT molecular complexity index is 905. The highest BCUT2D eigenvalue weighted by Crippen LogP contribution is 2.35. The summed E-state index contributed by atoms with van der Waals surface area (Å²) >= 11 is 0. The van der Waals surface area contributed by atoms with Crippen molar-refractivity contribution in [1.82, 2.24) is 15.1 Å². The highest BCUT2D eigenvalue weighted by Gasteiger charge is 2.40. The molecule has 0 aliphatic carbocycles. The fourth-order valence-corrected chi connectivity index (χ4v) is 4.75. The molecule has 1 N–H and O–H groups in total. The predicted octanol–water partition coefficient (Wildman–Crippen LogP) is 3.20. The normalized spacial score (nSPS) is 19.6. The predicted molar refractivity (Wildman–Crippen MR) is 125 cm³/mol. The van der Waals surface area contributed by atoms with E-state index in [1.54, 1.807) is 12.1 Å². The summed E-state index contributed by atoms with van der Waals surface area (Å²) in [5, 5.41) is 3.23. The van der Waals surface area contributed by atoms with E-state index >= 15 is 0 Å². The molecule has 0 aromatic heterocycles. The maximum absolute atomic E-state index is 13.7. The highest BCUT2D eigenvalue weighted by atomic mass is 19.1. The van der Waals surface area contributed by atoms with Crippen LogP contribution in [-0.4, -0.2) is 75.2 Å². The summed E-state index contributed by atoms with van der Waals surface area (Å²) in [6, 6.07) is 14.8. The second-order valence-corrected chi connectivity index (χ2v) is 9.18. The zero-order chi connectivity index (χ0) is 22.4. The molecule has 0 radical (unpaired) electrons. The molecule has 0 unspecified atom stereocenters. The summed E-state index contributed by atoms with van der Waals surface area (Å²) in [7, 11) is 2.15. The summed E-state index contributed by atoms with van der Waals surface area (Å²) in [6.07, 6.45) is 2.11. The van der Waals surface area contributed by atoms with Gasteiger partial charge in [0.15, 0.2) is 0 Å². The van der Waals surface area contributed by atoms with Crippen molar-refractivity contribution in [3.8, 4) is 11.1 Å². The van der Waals surface area contributed by atoms with Gasteiger partial charge in [-0.15, -0.1) is 0 Å². The van der Waals surface area contributed by atoms with Crippen molar-refractivity contribution >= 4 is 5.91 Å². The number of likely N-dealkylation sites (N-methyl/N-ethyl adjacent to an activating group) is 1. The number of ether oxygens (including phenoxy) is 1. The summed E-state index contributed by atoms with van der Waals surface area (Å²) in [4.78, 5) is 18.1. The summed E-state index contributed by atoms with van der Waals surface area (Å²) < 4.78 is 19.3. The minimum atomic E-state index is -0.457. The molecule has 2 aromatic rings. The first-order chi connectivity index (χ1) is 15.5. The lowest BCUT2D eigenvalue weighted by Gasteiger charge is -2.37. The second-order valence-electron chi connectivity index (χ2n) is 9.18. The standard InChI is InChI=1S/C26H34FN3O2/c1-29-12-14-30(15-13-29)11-10-28-25(31)26(8-16-32-17-9-26)20-21-4-2-5-22(18-21)23-6-3-7-24(27)19-23/h2-7,18-19H,8-17,20H2,1H3,(H,28,31). The first-order valence-electron chi connectivity index (χ1n) is 11.7. The molecule has 2 fully saturated rings. The van der Waals surface area contributed by atoms with E-state index in [4.69, 9.17) is 4.74 Å². The number of carbonyl (C=O) groups excluding carboxylic acids is 1. The first kappa shape index (κ1) is 22.9. The monoisotopic (exact) mass is 439 g/mol. The SMILES string of the molecule is CN1CCN(CCNC(=O)C2(Cc3cccc(-c4cccc(F)c4)c3)CCOCC2)CC1. The molecule has 172 valence electrons. The Morgan fingerprint density at radius 1 is 1.03 bits per heavy atom. The molecule has 4 rings (SSSR count). The minimum Gasteiger partial charge on any atom is -0.381 e. The van der Waals surface area contributed by atoms with Gasteiger partial charge in [0, 0.05) is 52.5 Å². The van der Waals surface area contributed by atoms with Crippen LogP contribution in [-0.2, 0) is 16.0 Å². The van der Waals surface area contributed by atoms with Crippen molar-refractivity contribution in [2.24, 2.45) is 5.41 Å². The van der Waals surface area contributed by atoms with E-state index in [0.29, 0.717) is 26.2 Å². The zero-order valence-corrected chi connectivity index (χ0v) is 19.0. The number of benzene rings is 2. The average molecular weight is 440 g/mol. The maximum Gasteiger partial charge on any atom is 0.226 e. The molecule has 2 heterocycles. The number of carbonyl (C=O) groups is 1. The van der Waals surface area contributed by atoms with E-state index in [-0.39, 0.29) is 11.7 Å². The molecule has 0 bridgehead atoms. The number of piperazine rings is 1. The van der Waals surface area contributed by atoms with Gasteiger partial charge in [-0.25, -0.2) is 4.39 Å². The molecule has 5 nitrogen and oxygen atoms in total. The lowest BCUT2D eigenvalue weighted by Crippen LogP contribution is -2.50. The van der Waals surface area contributed by atoms with E-state index in [1.165, 1.54) is 6.07 Å². The van der Waals surface area contributed by atoms with Gasteiger partial charge < -0.3 is 15.0 Å². The third-order valence-electron chi connectivity index (χ3n) is 6.87. The molecule has 2 aromatic carbocycles. The Hall–Kier alpha value is -2.28. The van der Waals surface area contributed by atoms with Crippen molar-refractivity contribution in [3.05, 3.63) is 59.9 Å². The van der Waals surface area contributed by atoms with Gasteiger partial charge in [0.2, 0.25) is 5.91 Å². The number of hydrogen-bond donors (Lipinski definition) is 1. The van der Waals surface area contributed by atoms with Crippen LogP contribution in [0, 0.1) is 11.2 Å². The van der Waals surface area contributed by atoms with Crippen LogP contribution in [0.15, 0.2) is 48.5 Å². The largest absolute Gasteiger partial charge is 0.381 e. The smallest absolute Gasteiger partial charge is 0.226 e. The van der Waals surface area contributed by atoms with E-state index in [0.717, 1.165) is 62.3 Å². The Balaban J connectivity index is 1.42. The lowest BCUT2D eigenvalue weighted by atomic mass is 9.74. The number of amides is 1. The topological polar surface area (TPSA) is 44.8 Å². The van der Waals surface area contributed by atoms with Gasteiger partial charge >= 0.3 is 0 Å². The molecule has 0 atom stereocenters. The van der Waals surface area contributed by atoms with Gasteiger partial charge in [0.1, 0.15) is 5.82 Å². The van der Waals surface area contributed by atoms with Gasteiger partial charge in [-0.05, 0) is 55.1 Å². The number of nitrogens with one attached hydrogen (secondary N) is 1. The van der Waals surface area contributed by atoms with Crippen LogP contribution < -0.4 is 5.32 Å². The summed E-state index contributed by atoms with van der Waals surface area (Å²) in [5.41, 5.74) is 2.47. The van der Waals surface area contributed by atoms with Crippen LogP contribution in [0.5, 0.6) is 0 Å². The Morgan fingerprint density at radius 2 is 1.72 bits per heavy atom. The van der Waals surface area contributed by atoms with E-state index < -0.39 is 5.41 Å². The van der Waals surface area contributed by atoms with Gasteiger partial charge in [-0.3, -0.25) is 9.69 Å². The third-order valence-corrected chi connectivity index (χ3v) is 6.87. The summed E-state index contributed by atoms with van der Waals surface area (Å²) in [6.45, 7) is 7.05. The molecule has 2 saturated heterocycles. The fourth-order valence-electron chi connectivity index (χ4n) is 4.75. The Kier molecular flexibility index (Phi) is 7.55. The number of halogens is 1. The van der Waals surface area contributed by atoms with Gasteiger partial charge in [0.25, 0.3) is 0 Å².